The molecule has 1 unspecified atom stereocenters. The van der Waals surface area contributed by atoms with E-state index in [9.17, 15) is 18.0 Å². The quantitative estimate of drug-likeness (QED) is 0.430. The minimum absolute atomic E-state index is 0.00938. The first-order chi connectivity index (χ1) is 19.0. The Morgan fingerprint density at radius 1 is 1.02 bits per heavy atom. The lowest BCUT2D eigenvalue weighted by molar-refractivity contribution is -0.134. The molecule has 9 nitrogen and oxygen atoms in total. The maximum Gasteiger partial charge on any atom is 0.264 e. The lowest BCUT2D eigenvalue weighted by Crippen LogP contribution is -2.54. The predicted molar refractivity (Wildman–Crippen MR) is 155 cm³/mol. The average molecular weight is 624 g/mol. The summed E-state index contributed by atoms with van der Waals surface area (Å²) >= 11 is 18.5. The van der Waals surface area contributed by atoms with E-state index in [0.29, 0.717) is 31.1 Å². The van der Waals surface area contributed by atoms with E-state index in [1.807, 2.05) is 4.90 Å². The SMILES string of the molecule is CN1CCN(CC2CN(S(=O)(=O)c3cccc(Cl)c3)c3cc(NC(=O)c4c(Cl)cccc4Cl)ccc3O2)CC1=O. The zero-order valence-electron chi connectivity index (χ0n) is 21.3. The molecule has 2 heterocycles. The van der Waals surface area contributed by atoms with Crippen LogP contribution in [0.1, 0.15) is 10.4 Å². The van der Waals surface area contributed by atoms with Crippen molar-refractivity contribution in [2.24, 2.45) is 0 Å². The number of benzene rings is 3. The summed E-state index contributed by atoms with van der Waals surface area (Å²) < 4.78 is 35.2. The fourth-order valence-corrected chi connectivity index (χ4v) is 7.00. The molecule has 13 heteroatoms. The van der Waals surface area contributed by atoms with E-state index in [4.69, 9.17) is 39.5 Å². The van der Waals surface area contributed by atoms with Crippen LogP contribution < -0.4 is 14.4 Å². The third-order valence-corrected chi connectivity index (χ3v) is 9.36. The summed E-state index contributed by atoms with van der Waals surface area (Å²) in [4.78, 5) is 28.8. The van der Waals surface area contributed by atoms with Gasteiger partial charge in [0.25, 0.3) is 15.9 Å². The Bertz CT molecular complexity index is 1570. The second-order valence-corrected chi connectivity index (χ2v) is 12.6. The number of hydrogen-bond acceptors (Lipinski definition) is 6. The van der Waals surface area contributed by atoms with Gasteiger partial charge in [0.2, 0.25) is 5.91 Å². The number of ether oxygens (including phenoxy) is 1. The van der Waals surface area contributed by atoms with Crippen LogP contribution in [-0.4, -0.2) is 75.9 Å². The maximum absolute atomic E-state index is 13.9. The summed E-state index contributed by atoms with van der Waals surface area (Å²) in [7, 11) is -2.33. The number of amides is 2. The number of halogens is 3. The van der Waals surface area contributed by atoms with Crippen molar-refractivity contribution in [3.8, 4) is 5.75 Å². The molecule has 0 spiro atoms. The monoisotopic (exact) mass is 622 g/mol. The first-order valence-electron chi connectivity index (χ1n) is 12.3. The van der Waals surface area contributed by atoms with Gasteiger partial charge in [-0.05, 0) is 48.5 Å². The highest BCUT2D eigenvalue weighted by atomic mass is 35.5. The fraction of sp³-hybridized carbons (Fsp3) is 0.259. The van der Waals surface area contributed by atoms with E-state index in [2.05, 4.69) is 5.32 Å². The van der Waals surface area contributed by atoms with E-state index < -0.39 is 22.0 Å². The molecule has 3 aromatic carbocycles. The maximum atomic E-state index is 13.9. The van der Waals surface area contributed by atoms with Crippen LogP contribution in [0.25, 0.3) is 0 Å². The van der Waals surface area contributed by atoms with Gasteiger partial charge in [-0.25, -0.2) is 8.42 Å². The van der Waals surface area contributed by atoms with Crippen molar-refractivity contribution < 1.29 is 22.7 Å². The zero-order valence-corrected chi connectivity index (χ0v) is 24.4. The topological polar surface area (TPSA) is 99.3 Å². The third-order valence-electron chi connectivity index (χ3n) is 6.72. The van der Waals surface area contributed by atoms with E-state index in [-0.39, 0.29) is 50.2 Å². The molecule has 0 aliphatic carbocycles. The van der Waals surface area contributed by atoms with Gasteiger partial charge in [0.05, 0.1) is 39.3 Å². The number of nitrogens with zero attached hydrogens (tertiary/aromatic N) is 3. The number of nitrogens with one attached hydrogen (secondary N) is 1. The van der Waals surface area contributed by atoms with E-state index in [0.717, 1.165) is 0 Å². The standard InChI is InChI=1S/C27H25Cl3N4O5S/c1-32-10-11-33(16-25(32)35)14-19-15-34(40(37,38)20-5-2-4-17(28)12-20)23-13-18(8-9-24(23)39-19)31-27(36)26-21(29)6-3-7-22(26)30/h2-9,12-13,19H,10-11,14-16H2,1H3,(H,31,36). The van der Waals surface area contributed by atoms with Crippen LogP contribution in [0.2, 0.25) is 15.1 Å². The molecule has 2 amide bonds. The number of carbonyl (C=O) groups excluding carboxylic acids is 2. The largest absolute Gasteiger partial charge is 0.485 e. The summed E-state index contributed by atoms with van der Waals surface area (Å²) in [6.45, 7) is 1.77. The number of hydrogen-bond donors (Lipinski definition) is 1. The van der Waals surface area contributed by atoms with Gasteiger partial charge in [-0.2, -0.15) is 0 Å². The van der Waals surface area contributed by atoms with Crippen molar-refractivity contribution >= 4 is 68.0 Å². The van der Waals surface area contributed by atoms with Crippen LogP contribution in [0.4, 0.5) is 11.4 Å². The third kappa shape index (κ3) is 5.87. The van der Waals surface area contributed by atoms with E-state index >= 15 is 0 Å². The van der Waals surface area contributed by atoms with Crippen LogP contribution in [0.3, 0.4) is 0 Å². The summed E-state index contributed by atoms with van der Waals surface area (Å²) in [6.07, 6.45) is -0.556. The second-order valence-electron chi connectivity index (χ2n) is 9.52. The average Bonchev–Trinajstić information content (AvgIpc) is 2.90. The van der Waals surface area contributed by atoms with Crippen molar-refractivity contribution in [2.45, 2.75) is 11.0 Å². The molecule has 0 bridgehead atoms. The molecule has 1 saturated heterocycles. The Kier molecular flexibility index (Phi) is 8.17. The van der Waals surface area contributed by atoms with Gasteiger partial charge in [0.15, 0.2) is 0 Å². The lowest BCUT2D eigenvalue weighted by Gasteiger charge is -2.39. The van der Waals surface area contributed by atoms with Crippen LogP contribution in [0, 0.1) is 0 Å². The number of carbonyl (C=O) groups is 2. The number of fused-ring (bicyclic) bond motifs is 1. The van der Waals surface area contributed by atoms with Crippen LogP contribution in [0.15, 0.2) is 65.6 Å². The summed E-state index contributed by atoms with van der Waals surface area (Å²) in [5.74, 6) is -0.241. The number of rotatable bonds is 6. The number of sulfonamides is 1. The van der Waals surface area contributed by atoms with Gasteiger partial charge in [0.1, 0.15) is 11.9 Å². The van der Waals surface area contributed by atoms with Gasteiger partial charge >= 0.3 is 0 Å². The van der Waals surface area contributed by atoms with Crippen LogP contribution in [0.5, 0.6) is 5.75 Å². The van der Waals surface area contributed by atoms with Crippen LogP contribution in [-0.2, 0) is 14.8 Å². The highest BCUT2D eigenvalue weighted by molar-refractivity contribution is 7.92. The van der Waals surface area contributed by atoms with Gasteiger partial charge in [-0.1, -0.05) is 46.9 Å². The molecule has 3 aromatic rings. The number of likely N-dealkylation sites (N-methyl/N-ethyl adjacent to an activating group) is 1. The summed E-state index contributed by atoms with van der Waals surface area (Å²) in [5, 5.41) is 3.38. The van der Waals surface area contributed by atoms with Crippen molar-refractivity contribution in [3.05, 3.63) is 81.3 Å². The minimum atomic E-state index is -4.08. The van der Waals surface area contributed by atoms with Crippen molar-refractivity contribution in [2.75, 3.05) is 49.4 Å². The van der Waals surface area contributed by atoms with E-state index in [1.165, 1.54) is 22.5 Å². The normalized spacial score (nSPS) is 17.8. The first-order valence-corrected chi connectivity index (χ1v) is 14.9. The van der Waals surface area contributed by atoms with E-state index in [1.54, 1.807) is 54.4 Å². The second kappa shape index (κ2) is 11.5. The Morgan fingerprint density at radius 2 is 1.75 bits per heavy atom. The molecule has 5 rings (SSSR count). The summed E-state index contributed by atoms with van der Waals surface area (Å²) in [5.41, 5.74) is 0.663. The number of piperazine rings is 1. The zero-order chi connectivity index (χ0) is 28.6. The van der Waals surface area contributed by atoms with Crippen molar-refractivity contribution in [3.63, 3.8) is 0 Å². The van der Waals surface area contributed by atoms with Gasteiger partial charge in [-0.3, -0.25) is 18.8 Å². The molecule has 1 atom stereocenters. The number of anilines is 2. The Balaban J connectivity index is 1.48. The summed E-state index contributed by atoms with van der Waals surface area (Å²) in [6, 6.07) is 15.5. The molecular weight excluding hydrogens is 599 g/mol. The molecule has 0 aromatic heterocycles. The Hall–Kier alpha value is -3.02. The lowest BCUT2D eigenvalue weighted by atomic mass is 10.1. The molecule has 1 N–H and O–H groups in total. The molecule has 0 radical (unpaired) electrons. The molecule has 0 saturated carbocycles. The van der Waals surface area contributed by atoms with Crippen molar-refractivity contribution in [1.82, 2.24) is 9.80 Å². The van der Waals surface area contributed by atoms with Gasteiger partial charge < -0.3 is 15.0 Å². The molecular formula is C27H25Cl3N4O5S. The van der Waals surface area contributed by atoms with Gasteiger partial charge in [-0.15, -0.1) is 0 Å². The Morgan fingerprint density at radius 3 is 2.45 bits per heavy atom. The molecule has 2 aliphatic heterocycles. The molecule has 40 heavy (non-hydrogen) atoms. The first kappa shape index (κ1) is 28.5. The molecule has 2 aliphatic rings. The minimum Gasteiger partial charge on any atom is -0.485 e. The predicted octanol–water partition coefficient (Wildman–Crippen LogP) is 4.63. The molecule has 210 valence electrons. The molecule has 1 fully saturated rings. The highest BCUT2D eigenvalue weighted by Gasteiger charge is 2.36. The van der Waals surface area contributed by atoms with Crippen molar-refractivity contribution in [1.29, 1.82) is 0 Å². The van der Waals surface area contributed by atoms with Crippen LogP contribution >= 0.6 is 34.8 Å². The van der Waals surface area contributed by atoms with Gasteiger partial charge in [0, 0.05) is 37.4 Å². The fourth-order valence-electron chi connectivity index (χ4n) is 4.63. The smallest absolute Gasteiger partial charge is 0.264 e. The highest BCUT2D eigenvalue weighted by Crippen LogP contribution is 2.40. The Labute approximate surface area is 247 Å².